The molecule has 0 amide bonds. The summed E-state index contributed by atoms with van der Waals surface area (Å²) in [4.78, 5) is 2.86. The third-order valence-electron chi connectivity index (χ3n) is 4.39. The Kier molecular flexibility index (Phi) is 6.36. The number of thiocarbonyl (C=S) groups is 1. The maximum atomic E-state index is 13.0. The molecule has 1 aliphatic rings. The molecule has 25 heavy (non-hydrogen) atoms. The van der Waals surface area contributed by atoms with Gasteiger partial charge in [0.25, 0.3) is 0 Å². The van der Waals surface area contributed by atoms with Crippen LogP contribution in [0.3, 0.4) is 0 Å². The number of hydrogen-bond donors (Lipinski definition) is 3. The predicted molar refractivity (Wildman–Crippen MR) is 104 cm³/mol. The van der Waals surface area contributed by atoms with Gasteiger partial charge in [-0.1, -0.05) is 6.07 Å². The molecule has 4 nitrogen and oxygen atoms in total. The summed E-state index contributed by atoms with van der Waals surface area (Å²) >= 11 is 7.23. The van der Waals surface area contributed by atoms with E-state index in [1.165, 1.54) is 21.9 Å². The first kappa shape index (κ1) is 18.3. The summed E-state index contributed by atoms with van der Waals surface area (Å²) in [5, 5.41) is 9.19. The molecule has 0 aliphatic carbocycles. The number of ether oxygens (including phenoxy) is 1. The second kappa shape index (κ2) is 8.71. The Balaban J connectivity index is 1.66. The predicted octanol–water partition coefficient (Wildman–Crippen LogP) is 2.22. The average molecular weight is 381 g/mol. The van der Waals surface area contributed by atoms with Crippen LogP contribution in [0.1, 0.15) is 17.8 Å². The van der Waals surface area contributed by atoms with Gasteiger partial charge in [0.05, 0.1) is 24.1 Å². The van der Waals surface area contributed by atoms with Crippen molar-refractivity contribution in [1.82, 2.24) is 5.32 Å². The van der Waals surface area contributed by atoms with Crippen molar-refractivity contribution in [3.63, 3.8) is 0 Å². The molecule has 0 bridgehead atoms. The minimum Gasteiger partial charge on any atom is -0.370 e. The lowest BCUT2D eigenvalue weighted by Gasteiger charge is -2.35. The smallest absolute Gasteiger partial charge is 0.171 e. The van der Waals surface area contributed by atoms with Crippen molar-refractivity contribution >= 4 is 34.4 Å². The summed E-state index contributed by atoms with van der Waals surface area (Å²) in [7, 11) is 0. The minimum atomic E-state index is -0.258. The van der Waals surface area contributed by atoms with E-state index in [1.54, 1.807) is 23.5 Å². The number of rotatable bonds is 5. The van der Waals surface area contributed by atoms with Crippen molar-refractivity contribution in [2.75, 3.05) is 31.6 Å². The van der Waals surface area contributed by atoms with Gasteiger partial charge < -0.3 is 20.3 Å². The lowest BCUT2D eigenvalue weighted by molar-refractivity contribution is -0.939. The Morgan fingerprint density at radius 1 is 1.24 bits per heavy atom. The van der Waals surface area contributed by atoms with Crippen LogP contribution in [0.2, 0.25) is 0 Å². The molecular weight excluding hydrogens is 357 g/mol. The van der Waals surface area contributed by atoms with E-state index in [0.29, 0.717) is 11.2 Å². The highest BCUT2D eigenvalue weighted by atomic mass is 32.1. The molecule has 2 atom stereocenters. The second-order valence-corrected chi connectivity index (χ2v) is 7.55. The van der Waals surface area contributed by atoms with Crippen molar-refractivity contribution in [1.29, 1.82) is 0 Å². The van der Waals surface area contributed by atoms with E-state index >= 15 is 0 Å². The third-order valence-corrected chi connectivity index (χ3v) is 5.56. The van der Waals surface area contributed by atoms with Crippen molar-refractivity contribution in [2.45, 2.75) is 19.0 Å². The molecule has 1 saturated heterocycles. The molecule has 7 heteroatoms. The van der Waals surface area contributed by atoms with E-state index in [0.717, 1.165) is 32.0 Å². The van der Waals surface area contributed by atoms with Gasteiger partial charge in [0.1, 0.15) is 24.9 Å². The normalized spacial score (nSPS) is 17.7. The van der Waals surface area contributed by atoms with Gasteiger partial charge in [-0.2, -0.15) is 0 Å². The van der Waals surface area contributed by atoms with Crippen LogP contribution in [-0.4, -0.2) is 37.5 Å². The van der Waals surface area contributed by atoms with Gasteiger partial charge in [-0.15, -0.1) is 11.3 Å². The largest absolute Gasteiger partial charge is 0.370 e. The molecule has 2 heterocycles. The first-order valence-corrected chi connectivity index (χ1v) is 9.71. The Labute approximate surface area is 157 Å². The molecule has 3 rings (SSSR count). The summed E-state index contributed by atoms with van der Waals surface area (Å²) in [6, 6.07) is 10.9. The Hall–Kier alpha value is -1.54. The molecule has 0 spiro atoms. The molecule has 3 N–H and O–H groups in total. The molecule has 1 aliphatic heterocycles. The summed E-state index contributed by atoms with van der Waals surface area (Å²) in [6.45, 7) is 5.73. The monoisotopic (exact) mass is 380 g/mol. The van der Waals surface area contributed by atoms with Crippen LogP contribution in [0.15, 0.2) is 41.8 Å². The van der Waals surface area contributed by atoms with Crippen LogP contribution >= 0.6 is 23.6 Å². The lowest BCUT2D eigenvalue weighted by Crippen LogP contribution is -3.15. The molecule has 2 aromatic rings. The van der Waals surface area contributed by atoms with Crippen LogP contribution in [0, 0.1) is 5.82 Å². The first-order chi connectivity index (χ1) is 12.1. The fraction of sp³-hybridized carbons (Fsp3) is 0.389. The van der Waals surface area contributed by atoms with Crippen LogP contribution in [0.25, 0.3) is 0 Å². The van der Waals surface area contributed by atoms with E-state index in [4.69, 9.17) is 17.0 Å². The zero-order valence-electron chi connectivity index (χ0n) is 14.1. The maximum absolute atomic E-state index is 13.0. The summed E-state index contributed by atoms with van der Waals surface area (Å²) in [5.41, 5.74) is 0.775. The zero-order chi connectivity index (χ0) is 17.6. The number of benzene rings is 1. The SMILES string of the molecule is C[C@@H](NC(=S)Nc1ccc(F)cc1)[C@@H](c1cccs1)[NH+]1CCOCC1. The molecule has 1 aromatic heterocycles. The molecule has 134 valence electrons. The quantitative estimate of drug-likeness (QED) is 0.696. The molecule has 1 fully saturated rings. The van der Waals surface area contributed by atoms with Gasteiger partial charge in [-0.25, -0.2) is 4.39 Å². The molecule has 1 aromatic carbocycles. The van der Waals surface area contributed by atoms with Crippen molar-refractivity contribution in [3.05, 3.63) is 52.5 Å². The number of nitrogens with one attached hydrogen (secondary N) is 3. The van der Waals surface area contributed by atoms with Gasteiger partial charge in [0, 0.05) is 5.69 Å². The van der Waals surface area contributed by atoms with Crippen LogP contribution in [-0.2, 0) is 4.74 Å². The third kappa shape index (κ3) is 4.98. The Bertz CT molecular complexity index is 672. The van der Waals surface area contributed by atoms with Crippen molar-refractivity contribution < 1.29 is 14.0 Å². The highest BCUT2D eigenvalue weighted by Crippen LogP contribution is 2.20. The van der Waals surface area contributed by atoms with E-state index in [2.05, 4.69) is 35.1 Å². The van der Waals surface area contributed by atoms with Crippen LogP contribution in [0.4, 0.5) is 10.1 Å². The van der Waals surface area contributed by atoms with E-state index in [-0.39, 0.29) is 11.9 Å². The maximum Gasteiger partial charge on any atom is 0.171 e. The second-order valence-electron chi connectivity index (χ2n) is 6.16. The van der Waals surface area contributed by atoms with Crippen LogP contribution in [0.5, 0.6) is 0 Å². The van der Waals surface area contributed by atoms with Crippen molar-refractivity contribution in [3.8, 4) is 0 Å². The molecule has 0 unspecified atom stereocenters. The lowest BCUT2D eigenvalue weighted by atomic mass is 10.1. The van der Waals surface area contributed by atoms with Gasteiger partial charge in [-0.3, -0.25) is 0 Å². The highest BCUT2D eigenvalue weighted by Gasteiger charge is 2.32. The minimum absolute atomic E-state index is 0.159. The number of anilines is 1. The van der Waals surface area contributed by atoms with Crippen LogP contribution < -0.4 is 15.5 Å². The molecular formula is C18H23FN3OS2+. The number of quaternary nitrogens is 1. The van der Waals surface area contributed by atoms with E-state index in [9.17, 15) is 4.39 Å². The Morgan fingerprint density at radius 2 is 1.96 bits per heavy atom. The average Bonchev–Trinajstić information content (AvgIpc) is 3.12. The Morgan fingerprint density at radius 3 is 2.60 bits per heavy atom. The highest BCUT2D eigenvalue weighted by molar-refractivity contribution is 7.80. The van der Waals surface area contributed by atoms with Gasteiger partial charge in [0.2, 0.25) is 0 Å². The zero-order valence-corrected chi connectivity index (χ0v) is 15.8. The number of morpholine rings is 1. The number of hydrogen-bond acceptors (Lipinski definition) is 3. The first-order valence-electron chi connectivity index (χ1n) is 8.42. The summed E-state index contributed by atoms with van der Waals surface area (Å²) in [6.07, 6.45) is 0. The summed E-state index contributed by atoms with van der Waals surface area (Å²) < 4.78 is 18.5. The van der Waals surface area contributed by atoms with E-state index < -0.39 is 0 Å². The topological polar surface area (TPSA) is 37.7 Å². The van der Waals surface area contributed by atoms with Crippen molar-refractivity contribution in [2.24, 2.45) is 0 Å². The fourth-order valence-corrected chi connectivity index (χ4v) is 4.50. The molecule has 0 radical (unpaired) electrons. The summed E-state index contributed by atoms with van der Waals surface area (Å²) in [5.74, 6) is -0.258. The van der Waals surface area contributed by atoms with E-state index in [1.807, 2.05) is 0 Å². The molecule has 0 saturated carbocycles. The van der Waals surface area contributed by atoms with Gasteiger partial charge >= 0.3 is 0 Å². The fourth-order valence-electron chi connectivity index (χ4n) is 3.20. The standard InChI is InChI=1S/C18H22FN3OS2/c1-13(20-18(24)21-15-6-4-14(19)5-7-15)17(16-3-2-12-25-16)22-8-10-23-11-9-22/h2-7,12-13,17H,8-11H2,1H3,(H2,20,21,24)/p+1/t13-,17+/m1/s1. The number of thiophene rings is 1. The van der Waals surface area contributed by atoms with Gasteiger partial charge in [0.15, 0.2) is 5.11 Å². The number of halogens is 1. The van der Waals surface area contributed by atoms with Gasteiger partial charge in [-0.05, 0) is 54.9 Å².